The lowest BCUT2D eigenvalue weighted by atomic mass is 10.2. The summed E-state index contributed by atoms with van der Waals surface area (Å²) in [5.74, 6) is 1.90. The molecule has 0 radical (unpaired) electrons. The molecular formula is C20H21N5O2S. The number of carbonyl (C=O) groups excluding carboxylic acids is 1. The molecule has 4 rings (SSSR count). The third-order valence-corrected chi connectivity index (χ3v) is 5.33. The molecule has 0 aliphatic heterocycles. The van der Waals surface area contributed by atoms with Crippen molar-refractivity contribution in [2.24, 2.45) is 0 Å². The van der Waals surface area contributed by atoms with Crippen LogP contribution in [-0.4, -0.2) is 38.5 Å². The summed E-state index contributed by atoms with van der Waals surface area (Å²) >= 11 is 1.49. The molecule has 0 saturated heterocycles. The Morgan fingerprint density at radius 2 is 1.93 bits per heavy atom. The average Bonchev–Trinajstić information content (AvgIpc) is 3.45. The molecule has 144 valence electrons. The normalized spacial score (nSPS) is 13.3. The quantitative estimate of drug-likeness (QED) is 0.584. The summed E-state index contributed by atoms with van der Waals surface area (Å²) in [7, 11) is 0. The Balaban J connectivity index is 1.31. The third kappa shape index (κ3) is 4.51. The summed E-state index contributed by atoms with van der Waals surface area (Å²) in [6, 6.07) is 15.8. The highest BCUT2D eigenvalue weighted by Crippen LogP contribution is 2.36. The van der Waals surface area contributed by atoms with Crippen LogP contribution < -0.4 is 10.1 Å². The second-order valence-electron chi connectivity index (χ2n) is 6.50. The van der Waals surface area contributed by atoms with Gasteiger partial charge in [-0.3, -0.25) is 4.79 Å². The van der Waals surface area contributed by atoms with Gasteiger partial charge in [0.15, 0.2) is 5.82 Å². The second-order valence-corrected chi connectivity index (χ2v) is 7.55. The van der Waals surface area contributed by atoms with Crippen molar-refractivity contribution < 1.29 is 9.53 Å². The predicted molar refractivity (Wildman–Crippen MR) is 108 cm³/mol. The molecule has 1 heterocycles. The molecule has 8 heteroatoms. The van der Waals surface area contributed by atoms with E-state index >= 15 is 0 Å². The van der Waals surface area contributed by atoms with Crippen LogP contribution in [0.3, 0.4) is 0 Å². The maximum atomic E-state index is 12.2. The number of hydrogen-bond acceptors (Lipinski definition) is 6. The van der Waals surface area contributed by atoms with E-state index in [-0.39, 0.29) is 5.91 Å². The van der Waals surface area contributed by atoms with Gasteiger partial charge in [-0.05, 0) is 78.7 Å². The van der Waals surface area contributed by atoms with Crippen molar-refractivity contribution in [1.29, 1.82) is 0 Å². The number of tetrazole rings is 1. The van der Waals surface area contributed by atoms with Crippen LogP contribution in [0.5, 0.6) is 5.75 Å². The first-order valence-corrected chi connectivity index (χ1v) is 10.3. The van der Waals surface area contributed by atoms with Gasteiger partial charge in [0.25, 0.3) is 0 Å². The average molecular weight is 395 g/mol. The van der Waals surface area contributed by atoms with Crippen molar-refractivity contribution in [3.05, 3.63) is 48.5 Å². The minimum absolute atomic E-state index is 0.0468. The van der Waals surface area contributed by atoms with Crippen LogP contribution >= 0.6 is 11.8 Å². The van der Waals surface area contributed by atoms with E-state index in [1.54, 1.807) is 0 Å². The van der Waals surface area contributed by atoms with Crippen molar-refractivity contribution in [1.82, 2.24) is 20.2 Å². The number of aromatic nitrogens is 4. The first-order chi connectivity index (χ1) is 13.7. The van der Waals surface area contributed by atoms with Crippen molar-refractivity contribution in [2.75, 3.05) is 17.7 Å². The molecule has 1 aliphatic rings. The van der Waals surface area contributed by atoms with Crippen LogP contribution in [0.4, 0.5) is 5.69 Å². The Labute approximate surface area is 167 Å². The molecule has 1 aliphatic carbocycles. The summed E-state index contributed by atoms with van der Waals surface area (Å²) < 4.78 is 7.30. The number of nitrogens with one attached hydrogen (secondary N) is 1. The van der Waals surface area contributed by atoms with Gasteiger partial charge in [0.1, 0.15) is 5.75 Å². The lowest BCUT2D eigenvalue weighted by Gasteiger charge is -2.07. The highest BCUT2D eigenvalue weighted by atomic mass is 32.2. The fourth-order valence-corrected chi connectivity index (χ4v) is 3.49. The van der Waals surface area contributed by atoms with E-state index < -0.39 is 0 Å². The molecule has 2 aromatic carbocycles. The van der Waals surface area contributed by atoms with E-state index in [4.69, 9.17) is 4.74 Å². The van der Waals surface area contributed by atoms with Crippen LogP contribution in [-0.2, 0) is 4.79 Å². The highest BCUT2D eigenvalue weighted by molar-refractivity contribution is 8.00. The number of nitrogens with zero attached hydrogens (tertiary/aromatic N) is 4. The van der Waals surface area contributed by atoms with Crippen molar-refractivity contribution >= 4 is 23.4 Å². The van der Waals surface area contributed by atoms with Gasteiger partial charge >= 0.3 is 0 Å². The molecule has 0 unspecified atom stereocenters. The van der Waals surface area contributed by atoms with E-state index in [2.05, 4.69) is 20.8 Å². The Bertz CT molecular complexity index is 936. The van der Waals surface area contributed by atoms with Crippen LogP contribution in [0.25, 0.3) is 11.4 Å². The number of carbonyl (C=O) groups is 1. The number of anilines is 1. The van der Waals surface area contributed by atoms with Crippen LogP contribution in [0.2, 0.25) is 0 Å². The van der Waals surface area contributed by atoms with Gasteiger partial charge < -0.3 is 10.1 Å². The Hall–Kier alpha value is -2.87. The first-order valence-electron chi connectivity index (χ1n) is 9.27. The van der Waals surface area contributed by atoms with Crippen LogP contribution in [0.1, 0.15) is 25.8 Å². The molecule has 1 amide bonds. The molecule has 1 aromatic heterocycles. The van der Waals surface area contributed by atoms with Crippen molar-refractivity contribution in [3.8, 4) is 17.1 Å². The largest absolute Gasteiger partial charge is 0.494 e. The van der Waals surface area contributed by atoms with Gasteiger partial charge in [0.2, 0.25) is 5.91 Å². The number of benzene rings is 2. The fraction of sp³-hybridized carbons (Fsp3) is 0.300. The van der Waals surface area contributed by atoms with Crippen LogP contribution in [0.15, 0.2) is 53.4 Å². The zero-order chi connectivity index (χ0) is 19.3. The molecular weight excluding hydrogens is 374 g/mol. The van der Waals surface area contributed by atoms with E-state index in [1.165, 1.54) is 11.8 Å². The molecule has 0 spiro atoms. The number of amides is 1. The molecule has 3 aromatic rings. The Morgan fingerprint density at radius 1 is 1.18 bits per heavy atom. The number of ether oxygens (including phenoxy) is 1. The first kappa shape index (κ1) is 18.5. The summed E-state index contributed by atoms with van der Waals surface area (Å²) in [5, 5.41) is 14.9. The maximum absolute atomic E-state index is 12.2. The second kappa shape index (κ2) is 8.43. The van der Waals surface area contributed by atoms with Gasteiger partial charge in [-0.2, -0.15) is 0 Å². The lowest BCUT2D eigenvalue weighted by molar-refractivity contribution is -0.113. The maximum Gasteiger partial charge on any atom is 0.234 e. The molecule has 0 atom stereocenters. The predicted octanol–water partition coefficient (Wildman–Crippen LogP) is 3.80. The lowest BCUT2D eigenvalue weighted by Crippen LogP contribution is -2.13. The summed E-state index contributed by atoms with van der Waals surface area (Å²) in [6.45, 7) is 2.59. The number of thioether (sulfide) groups is 1. The highest BCUT2D eigenvalue weighted by Gasteiger charge is 2.28. The Kier molecular flexibility index (Phi) is 5.57. The standard InChI is InChI=1S/C20H21N5O2S/c1-2-27-17-9-11-18(12-10-17)28-13-19(26)21-15-5-3-14(4-6-15)20-22-23-24-25(20)16-7-8-16/h3-6,9-12,16H,2,7-8,13H2,1H3,(H,21,26). The van der Waals surface area contributed by atoms with E-state index in [1.807, 2.05) is 60.1 Å². The molecule has 1 saturated carbocycles. The molecule has 7 nitrogen and oxygen atoms in total. The Morgan fingerprint density at radius 3 is 2.61 bits per heavy atom. The van der Waals surface area contributed by atoms with E-state index in [9.17, 15) is 4.79 Å². The topological polar surface area (TPSA) is 81.9 Å². The molecule has 1 N–H and O–H groups in total. The van der Waals surface area contributed by atoms with Gasteiger partial charge in [-0.25, -0.2) is 4.68 Å². The van der Waals surface area contributed by atoms with Gasteiger partial charge in [-0.15, -0.1) is 16.9 Å². The van der Waals surface area contributed by atoms with Crippen LogP contribution in [0, 0.1) is 0 Å². The number of hydrogen-bond donors (Lipinski definition) is 1. The third-order valence-electron chi connectivity index (χ3n) is 4.32. The summed E-state index contributed by atoms with van der Waals surface area (Å²) in [5.41, 5.74) is 1.70. The van der Waals surface area contributed by atoms with Crippen molar-refractivity contribution in [3.63, 3.8) is 0 Å². The van der Waals surface area contributed by atoms with Crippen molar-refractivity contribution in [2.45, 2.75) is 30.7 Å². The molecule has 0 bridgehead atoms. The molecule has 1 fully saturated rings. The zero-order valence-electron chi connectivity index (χ0n) is 15.5. The smallest absolute Gasteiger partial charge is 0.234 e. The SMILES string of the molecule is CCOc1ccc(SCC(=O)Nc2ccc(-c3nnnn3C3CC3)cc2)cc1. The minimum atomic E-state index is -0.0468. The zero-order valence-corrected chi connectivity index (χ0v) is 16.4. The fourth-order valence-electron chi connectivity index (χ4n) is 2.80. The monoisotopic (exact) mass is 395 g/mol. The van der Waals surface area contributed by atoms with Gasteiger partial charge in [0, 0.05) is 16.1 Å². The minimum Gasteiger partial charge on any atom is -0.494 e. The van der Waals surface area contributed by atoms with E-state index in [0.717, 1.165) is 40.6 Å². The van der Waals surface area contributed by atoms with E-state index in [0.29, 0.717) is 18.4 Å². The number of rotatable bonds is 8. The molecule has 28 heavy (non-hydrogen) atoms. The van der Waals surface area contributed by atoms with Gasteiger partial charge in [0.05, 0.1) is 18.4 Å². The summed E-state index contributed by atoms with van der Waals surface area (Å²) in [4.78, 5) is 13.3. The summed E-state index contributed by atoms with van der Waals surface area (Å²) in [6.07, 6.45) is 2.25. The van der Waals surface area contributed by atoms with Gasteiger partial charge in [-0.1, -0.05) is 0 Å².